The van der Waals surface area contributed by atoms with Crippen molar-refractivity contribution in [3.8, 4) is 0 Å². The molecule has 2 aromatic rings. The van der Waals surface area contributed by atoms with Crippen LogP contribution >= 0.6 is 0 Å². The molecule has 0 aromatic heterocycles. The number of benzene rings is 2. The average molecular weight is 360 g/mol. The Balaban J connectivity index is 1.77. The molecule has 7 heteroatoms. The van der Waals surface area contributed by atoms with E-state index >= 15 is 0 Å². The van der Waals surface area contributed by atoms with Crippen LogP contribution in [-0.4, -0.2) is 25.0 Å². The summed E-state index contributed by atoms with van der Waals surface area (Å²) in [6.07, 6.45) is 0.778. The summed E-state index contributed by atoms with van der Waals surface area (Å²) < 4.78 is 32.3. The van der Waals surface area contributed by atoms with Crippen molar-refractivity contribution in [2.45, 2.75) is 18.3 Å². The summed E-state index contributed by atoms with van der Waals surface area (Å²) in [5, 5.41) is 0. The first-order valence-electron chi connectivity index (χ1n) is 8.22. The maximum absolute atomic E-state index is 13.7. The number of amides is 2. The number of rotatable bonds is 3. The molecule has 1 saturated heterocycles. The van der Waals surface area contributed by atoms with E-state index in [1.165, 1.54) is 30.3 Å². The molecule has 0 spiro atoms. The fraction of sp³-hybridized carbons (Fsp3) is 0.263. The van der Waals surface area contributed by atoms with Crippen LogP contribution in [0.3, 0.4) is 0 Å². The largest absolute Gasteiger partial charge is 0.381 e. The number of carbonyl (C=O) groups is 2. The second-order valence-corrected chi connectivity index (χ2v) is 6.09. The summed E-state index contributed by atoms with van der Waals surface area (Å²) in [4.78, 5) is 25.0. The number of hydrazine groups is 1. The third kappa shape index (κ3) is 3.57. The van der Waals surface area contributed by atoms with E-state index < -0.39 is 28.9 Å². The molecule has 1 aliphatic rings. The van der Waals surface area contributed by atoms with Gasteiger partial charge in [-0.2, -0.15) is 0 Å². The van der Waals surface area contributed by atoms with Gasteiger partial charge in [-0.05, 0) is 42.7 Å². The molecule has 1 heterocycles. The lowest BCUT2D eigenvalue weighted by Gasteiger charge is -2.36. The summed E-state index contributed by atoms with van der Waals surface area (Å²) in [6, 6.07) is 11.2. The molecule has 136 valence electrons. The number of hydrogen-bond acceptors (Lipinski definition) is 3. The van der Waals surface area contributed by atoms with Gasteiger partial charge in [0.2, 0.25) is 5.91 Å². The van der Waals surface area contributed by atoms with Gasteiger partial charge in [0, 0.05) is 13.2 Å². The Labute approximate surface area is 149 Å². The Hall–Kier alpha value is -2.80. The number of carbonyl (C=O) groups excluding carboxylic acids is 2. The van der Waals surface area contributed by atoms with Crippen LogP contribution in [0.2, 0.25) is 0 Å². The number of nitrogens with one attached hydrogen (secondary N) is 2. The molecule has 0 unspecified atom stereocenters. The lowest BCUT2D eigenvalue weighted by molar-refractivity contribution is -0.131. The zero-order chi connectivity index (χ0) is 18.6. The summed E-state index contributed by atoms with van der Waals surface area (Å²) in [7, 11) is 0. The summed E-state index contributed by atoms with van der Waals surface area (Å²) >= 11 is 0. The van der Waals surface area contributed by atoms with Crippen molar-refractivity contribution in [1.29, 1.82) is 0 Å². The SMILES string of the molecule is O=C(NNC(=O)C1(c2ccc(F)cc2)CCOCC1)c1ccccc1F. The van der Waals surface area contributed by atoms with Gasteiger partial charge < -0.3 is 4.74 Å². The number of halogens is 2. The predicted octanol–water partition coefficient (Wildman–Crippen LogP) is 2.47. The van der Waals surface area contributed by atoms with E-state index in [0.29, 0.717) is 31.6 Å². The van der Waals surface area contributed by atoms with Crippen molar-refractivity contribution in [1.82, 2.24) is 10.9 Å². The summed E-state index contributed by atoms with van der Waals surface area (Å²) in [6.45, 7) is 0.734. The van der Waals surface area contributed by atoms with Crippen LogP contribution < -0.4 is 10.9 Å². The maximum atomic E-state index is 13.7. The van der Waals surface area contributed by atoms with Gasteiger partial charge in [0.25, 0.3) is 5.91 Å². The Morgan fingerprint density at radius 3 is 2.23 bits per heavy atom. The maximum Gasteiger partial charge on any atom is 0.272 e. The molecular weight excluding hydrogens is 342 g/mol. The summed E-state index contributed by atoms with van der Waals surface area (Å²) in [5.41, 5.74) is 4.14. The highest BCUT2D eigenvalue weighted by Crippen LogP contribution is 2.35. The van der Waals surface area contributed by atoms with Gasteiger partial charge in [0.15, 0.2) is 0 Å². The zero-order valence-electron chi connectivity index (χ0n) is 13.9. The molecule has 2 amide bonds. The predicted molar refractivity (Wildman–Crippen MR) is 90.1 cm³/mol. The molecule has 0 radical (unpaired) electrons. The second kappa shape index (κ2) is 7.61. The Morgan fingerprint density at radius 1 is 0.923 bits per heavy atom. The highest BCUT2D eigenvalue weighted by atomic mass is 19.1. The number of ether oxygens (including phenoxy) is 1. The fourth-order valence-corrected chi connectivity index (χ4v) is 3.08. The molecule has 2 N–H and O–H groups in total. The third-order valence-electron chi connectivity index (χ3n) is 4.59. The molecule has 2 aromatic carbocycles. The lowest BCUT2D eigenvalue weighted by atomic mass is 9.73. The molecule has 0 atom stereocenters. The van der Waals surface area contributed by atoms with E-state index in [0.717, 1.165) is 6.07 Å². The van der Waals surface area contributed by atoms with Gasteiger partial charge in [-0.25, -0.2) is 8.78 Å². The van der Waals surface area contributed by atoms with Gasteiger partial charge in [-0.1, -0.05) is 24.3 Å². The van der Waals surface area contributed by atoms with E-state index in [2.05, 4.69) is 10.9 Å². The van der Waals surface area contributed by atoms with Crippen molar-refractivity contribution in [3.05, 3.63) is 71.3 Å². The smallest absolute Gasteiger partial charge is 0.272 e. The molecule has 0 aliphatic carbocycles. The average Bonchev–Trinajstić information content (AvgIpc) is 2.67. The zero-order valence-corrected chi connectivity index (χ0v) is 13.9. The first kappa shape index (κ1) is 18.0. The van der Waals surface area contributed by atoms with E-state index in [1.807, 2.05) is 0 Å². The van der Waals surface area contributed by atoms with Crippen LogP contribution in [0.5, 0.6) is 0 Å². The van der Waals surface area contributed by atoms with E-state index in [-0.39, 0.29) is 5.56 Å². The minimum Gasteiger partial charge on any atom is -0.381 e. The normalized spacial score (nSPS) is 15.9. The van der Waals surface area contributed by atoms with Crippen LogP contribution in [0.15, 0.2) is 48.5 Å². The van der Waals surface area contributed by atoms with Crippen LogP contribution in [0, 0.1) is 11.6 Å². The highest BCUT2D eigenvalue weighted by molar-refractivity contribution is 5.97. The van der Waals surface area contributed by atoms with Crippen molar-refractivity contribution >= 4 is 11.8 Å². The molecule has 0 bridgehead atoms. The monoisotopic (exact) mass is 360 g/mol. The third-order valence-corrected chi connectivity index (χ3v) is 4.59. The van der Waals surface area contributed by atoms with Gasteiger partial charge in [-0.3, -0.25) is 20.4 Å². The van der Waals surface area contributed by atoms with E-state index in [1.54, 1.807) is 12.1 Å². The Kier molecular flexibility index (Phi) is 5.27. The Morgan fingerprint density at radius 2 is 1.58 bits per heavy atom. The molecule has 26 heavy (non-hydrogen) atoms. The van der Waals surface area contributed by atoms with Crippen molar-refractivity contribution in [2.75, 3.05) is 13.2 Å². The summed E-state index contributed by atoms with van der Waals surface area (Å²) in [5.74, 6) is -2.28. The second-order valence-electron chi connectivity index (χ2n) is 6.09. The van der Waals surface area contributed by atoms with Gasteiger partial charge >= 0.3 is 0 Å². The molecular formula is C19H18F2N2O3. The quantitative estimate of drug-likeness (QED) is 0.827. The van der Waals surface area contributed by atoms with Crippen LogP contribution in [0.1, 0.15) is 28.8 Å². The topological polar surface area (TPSA) is 67.4 Å². The molecule has 5 nitrogen and oxygen atoms in total. The van der Waals surface area contributed by atoms with Gasteiger partial charge in [0.1, 0.15) is 11.6 Å². The van der Waals surface area contributed by atoms with Crippen LogP contribution in [0.25, 0.3) is 0 Å². The fourth-order valence-electron chi connectivity index (χ4n) is 3.08. The van der Waals surface area contributed by atoms with Crippen molar-refractivity contribution in [2.24, 2.45) is 0 Å². The van der Waals surface area contributed by atoms with Crippen molar-refractivity contribution < 1.29 is 23.1 Å². The molecule has 1 aliphatic heterocycles. The van der Waals surface area contributed by atoms with E-state index in [9.17, 15) is 18.4 Å². The van der Waals surface area contributed by atoms with Gasteiger partial charge in [0.05, 0.1) is 11.0 Å². The molecule has 0 saturated carbocycles. The van der Waals surface area contributed by atoms with Crippen molar-refractivity contribution in [3.63, 3.8) is 0 Å². The number of hydrogen-bond donors (Lipinski definition) is 2. The standard InChI is InChI=1S/C19H18F2N2O3/c20-14-7-5-13(6-8-14)19(9-11-26-12-10-19)18(25)23-22-17(24)15-3-1-2-4-16(15)21/h1-8H,9-12H2,(H,22,24)(H,23,25). The minimum absolute atomic E-state index is 0.171. The lowest BCUT2D eigenvalue weighted by Crippen LogP contribution is -2.53. The van der Waals surface area contributed by atoms with Crippen LogP contribution in [0.4, 0.5) is 8.78 Å². The first-order chi connectivity index (χ1) is 12.5. The highest BCUT2D eigenvalue weighted by Gasteiger charge is 2.42. The molecule has 3 rings (SSSR count). The minimum atomic E-state index is -0.950. The first-order valence-corrected chi connectivity index (χ1v) is 8.22. The van der Waals surface area contributed by atoms with E-state index in [4.69, 9.17) is 4.74 Å². The molecule has 1 fully saturated rings. The van der Waals surface area contributed by atoms with Gasteiger partial charge in [-0.15, -0.1) is 0 Å². The Bertz CT molecular complexity index is 803. The van der Waals surface area contributed by atoms with Crippen LogP contribution in [-0.2, 0) is 14.9 Å².